The highest BCUT2D eigenvalue weighted by molar-refractivity contribution is 5.80. The van der Waals surface area contributed by atoms with E-state index in [4.69, 9.17) is 24.7 Å². The van der Waals surface area contributed by atoms with E-state index in [0.29, 0.717) is 0 Å². The number of hydrogen-bond acceptors (Lipinski definition) is 19. The van der Waals surface area contributed by atoms with Crippen molar-refractivity contribution < 1.29 is 79.6 Å². The van der Waals surface area contributed by atoms with Crippen LogP contribution in [-0.4, -0.2) is 182 Å². The molecule has 2 fully saturated rings. The predicted molar refractivity (Wildman–Crippen MR) is 262 cm³/mol. The van der Waals surface area contributed by atoms with Gasteiger partial charge < -0.3 is 81.1 Å². The van der Waals surface area contributed by atoms with Crippen LogP contribution in [0.5, 0.6) is 0 Å². The van der Waals surface area contributed by atoms with Crippen LogP contribution in [-0.2, 0) is 35.1 Å². The van der Waals surface area contributed by atoms with Gasteiger partial charge in [0.2, 0.25) is 5.91 Å². The number of nitrogens with one attached hydrogen (secondary N) is 1. The monoisotopic (exact) mass is 1020 g/mol. The molecule has 3 aliphatic rings. The van der Waals surface area contributed by atoms with Gasteiger partial charge in [-0.25, -0.2) is 4.98 Å². The maximum atomic E-state index is 13.9. The van der Waals surface area contributed by atoms with Crippen LogP contribution in [0.25, 0.3) is 0 Å². The summed E-state index contributed by atoms with van der Waals surface area (Å²) in [6.45, 7) is 7.11. The van der Waals surface area contributed by atoms with Crippen molar-refractivity contribution in [2.75, 3.05) is 6.54 Å². The molecule has 0 aliphatic carbocycles. The lowest BCUT2D eigenvalue weighted by atomic mass is 9.82. The number of esters is 1. The molecule has 1 aromatic rings. The van der Waals surface area contributed by atoms with Gasteiger partial charge in [0, 0.05) is 44.1 Å². The molecule has 4 rings (SSSR count). The summed E-state index contributed by atoms with van der Waals surface area (Å²) in [6, 6.07) is -1.14. The van der Waals surface area contributed by atoms with E-state index in [1.165, 1.54) is 17.3 Å². The molecule has 404 valence electrons. The van der Waals surface area contributed by atoms with Gasteiger partial charge in [-0.2, -0.15) is 5.10 Å². The Morgan fingerprint density at radius 3 is 2.00 bits per heavy atom. The second-order valence-electron chi connectivity index (χ2n) is 19.2. The fraction of sp³-hybridized carbons (Fsp3) is 0.647. The van der Waals surface area contributed by atoms with Gasteiger partial charge in [0.15, 0.2) is 12.1 Å². The highest BCUT2D eigenvalue weighted by Crippen LogP contribution is 2.38. The first-order chi connectivity index (χ1) is 34.2. The maximum Gasteiger partial charge on any atom is 0.308 e. The lowest BCUT2D eigenvalue weighted by Gasteiger charge is -2.46. The van der Waals surface area contributed by atoms with Gasteiger partial charge in [-0.1, -0.05) is 98.9 Å². The second-order valence-corrected chi connectivity index (χ2v) is 19.2. The maximum absolute atomic E-state index is 13.9. The molecule has 1 aromatic heterocycles. The van der Waals surface area contributed by atoms with Gasteiger partial charge in [-0.3, -0.25) is 14.3 Å². The third kappa shape index (κ3) is 19.9. The summed E-state index contributed by atoms with van der Waals surface area (Å²) in [5.41, 5.74) is 6.11. The van der Waals surface area contributed by atoms with Gasteiger partial charge in [0.25, 0.3) is 0 Å². The number of aliphatic hydroxyl groups is 10. The first kappa shape index (κ1) is 60.3. The van der Waals surface area contributed by atoms with Crippen molar-refractivity contribution in [3.05, 3.63) is 97.7 Å². The van der Waals surface area contributed by atoms with E-state index in [1.54, 1.807) is 75.5 Å². The molecule has 0 aromatic carbocycles. The molecule has 21 nitrogen and oxygen atoms in total. The number of aromatic nitrogens is 3. The van der Waals surface area contributed by atoms with E-state index in [-0.39, 0.29) is 44.7 Å². The van der Waals surface area contributed by atoms with Crippen molar-refractivity contribution in [1.29, 1.82) is 0 Å². The predicted octanol–water partition coefficient (Wildman–Crippen LogP) is 0.0350. The molecule has 0 spiro atoms. The molecule has 2 saturated heterocycles. The zero-order valence-electron chi connectivity index (χ0n) is 41.5. The van der Waals surface area contributed by atoms with E-state index in [2.05, 4.69) is 15.4 Å². The third-order valence-corrected chi connectivity index (χ3v) is 13.1. The van der Waals surface area contributed by atoms with Gasteiger partial charge in [-0.05, 0) is 33.1 Å². The van der Waals surface area contributed by atoms with Crippen LogP contribution in [0, 0.1) is 17.8 Å². The number of hydrogen-bond donors (Lipinski definition) is 12. The largest absolute Gasteiger partial charge is 0.462 e. The van der Waals surface area contributed by atoms with Crippen molar-refractivity contribution in [2.24, 2.45) is 23.5 Å². The Hall–Kier alpha value is -4.30. The molecule has 3 aliphatic heterocycles. The van der Waals surface area contributed by atoms with Crippen molar-refractivity contribution in [1.82, 2.24) is 20.1 Å². The first-order valence-electron chi connectivity index (χ1n) is 24.7. The van der Waals surface area contributed by atoms with Crippen LogP contribution in [0.3, 0.4) is 0 Å². The standard InChI is InChI=1S/C51H79N5O16/c1-31-17-15-13-11-9-7-5-6-8-10-12-14-16-18-38(71-50-48(66)45(52)47(65)34(4)70-50)26-42-44(49(67)54-21-22-56-30-53-29-55-56)41(62)28-51(68,72-42)27-37(59)24-40(61)39(60)20-19-35(57)23-36(58)25-43(63)69-33(3)32(2)46(31)64/h5-18,29-42,44-48,50,57-62,64-66,68H,19-28,52H2,1-4H3,(H,54,67)/b6-5+,9-7+,10-8+,13-11+,14-12+,17-15+,18-16+/t31-,32-,33-,34+,35+,36+,37-,38-,39+,40+,41-,42-,44+,45-,46+,47+,48-,50-,51+/m0/s1. The van der Waals surface area contributed by atoms with E-state index < -0.39 is 147 Å². The number of ether oxygens (including phenoxy) is 4. The lowest BCUT2D eigenvalue weighted by molar-refractivity contribution is -0.307. The number of nitrogens with zero attached hydrogens (tertiary/aromatic N) is 3. The summed E-state index contributed by atoms with van der Waals surface area (Å²) in [5, 5.41) is 117. The first-order valence-corrected chi connectivity index (χ1v) is 24.7. The fourth-order valence-corrected chi connectivity index (χ4v) is 8.75. The van der Waals surface area contributed by atoms with Crippen molar-refractivity contribution in [3.8, 4) is 0 Å². The Morgan fingerprint density at radius 2 is 1.38 bits per heavy atom. The number of nitrogens with two attached hydrogens (primary N) is 1. The zero-order chi connectivity index (χ0) is 53.0. The Morgan fingerprint density at radius 1 is 0.750 bits per heavy atom. The quantitative estimate of drug-likeness (QED) is 0.167. The van der Waals surface area contributed by atoms with Crippen LogP contribution >= 0.6 is 0 Å². The number of fused-ring (bicyclic) bond motifs is 2. The molecule has 4 heterocycles. The van der Waals surface area contributed by atoms with Crippen LogP contribution < -0.4 is 11.1 Å². The van der Waals surface area contributed by atoms with Crippen molar-refractivity contribution in [3.63, 3.8) is 0 Å². The lowest BCUT2D eigenvalue weighted by Crippen LogP contribution is -2.62. The summed E-state index contributed by atoms with van der Waals surface area (Å²) < 4.78 is 25.3. The van der Waals surface area contributed by atoms with E-state index in [9.17, 15) is 60.7 Å². The molecule has 2 bridgehead atoms. The van der Waals surface area contributed by atoms with Crippen molar-refractivity contribution >= 4 is 11.9 Å². The fourth-order valence-electron chi connectivity index (χ4n) is 8.75. The smallest absolute Gasteiger partial charge is 0.308 e. The number of cyclic esters (lactones) is 1. The average Bonchev–Trinajstić information content (AvgIpc) is 3.84. The Bertz CT molecular complexity index is 1980. The van der Waals surface area contributed by atoms with Gasteiger partial charge >= 0.3 is 5.97 Å². The molecule has 19 atom stereocenters. The van der Waals surface area contributed by atoms with E-state index in [0.717, 1.165) is 0 Å². The van der Waals surface area contributed by atoms with Crippen LogP contribution in [0.4, 0.5) is 0 Å². The molecule has 0 radical (unpaired) electrons. The average molecular weight is 1020 g/mol. The number of carbonyl (C=O) groups excluding carboxylic acids is 2. The zero-order valence-corrected chi connectivity index (χ0v) is 41.5. The number of amides is 1. The summed E-state index contributed by atoms with van der Waals surface area (Å²) in [7, 11) is 0. The Balaban J connectivity index is 1.60. The second kappa shape index (κ2) is 30.2. The Labute approximate surface area is 421 Å². The summed E-state index contributed by atoms with van der Waals surface area (Å²) >= 11 is 0. The summed E-state index contributed by atoms with van der Waals surface area (Å²) in [5.74, 6) is -5.71. The number of aliphatic hydroxyl groups excluding tert-OH is 9. The highest BCUT2D eigenvalue weighted by atomic mass is 16.7. The number of carbonyl (C=O) groups is 2. The van der Waals surface area contributed by atoms with Crippen LogP contribution in [0.2, 0.25) is 0 Å². The molecular formula is C51H79N5O16. The molecular weight excluding hydrogens is 939 g/mol. The molecule has 21 heteroatoms. The third-order valence-electron chi connectivity index (χ3n) is 13.1. The number of allylic oxidation sites excluding steroid dienone is 12. The van der Waals surface area contributed by atoms with Crippen LogP contribution in [0.15, 0.2) is 97.7 Å². The minimum atomic E-state index is -2.29. The van der Waals surface area contributed by atoms with Gasteiger partial charge in [0.1, 0.15) is 24.9 Å². The summed E-state index contributed by atoms with van der Waals surface area (Å²) in [6.07, 6.45) is 7.21. The molecule has 1 amide bonds. The van der Waals surface area contributed by atoms with Crippen LogP contribution in [0.1, 0.15) is 79.1 Å². The highest BCUT2D eigenvalue weighted by Gasteiger charge is 2.51. The van der Waals surface area contributed by atoms with E-state index >= 15 is 0 Å². The van der Waals surface area contributed by atoms with Gasteiger partial charge in [0.05, 0.1) is 92.1 Å². The Kier molecular flexibility index (Phi) is 25.2. The number of rotatable bonds is 6. The minimum absolute atomic E-state index is 0.0800. The minimum Gasteiger partial charge on any atom is -0.462 e. The topological polar surface area (TPSA) is 342 Å². The summed E-state index contributed by atoms with van der Waals surface area (Å²) in [4.78, 5) is 30.5. The molecule has 13 N–H and O–H groups in total. The SMILES string of the molecule is C[C@@H]1[C@H](O)[C@@H](C)/C=C/C=C/C=C/C=C/C=C/C=C/C=C/[C@H](O[C@@H]2O[C@H](C)[C@@H](O)[C@H](N)[C@@H]2O)C[C@@H]2O[C@](O)(C[C@@H](O)C[C@@H](O)[C@H](O)CC[C@@H](O)C[C@@H](O)CC(=O)O[C@H]1C)C[C@H](O)[C@H]2C(=O)NCCn1cncn1. The normalized spacial score (nSPS) is 42.2. The van der Waals surface area contributed by atoms with E-state index in [1.807, 2.05) is 37.3 Å². The van der Waals surface area contributed by atoms with Crippen molar-refractivity contribution in [2.45, 2.75) is 183 Å². The molecule has 0 unspecified atom stereocenters. The molecule has 72 heavy (non-hydrogen) atoms. The van der Waals surface area contributed by atoms with Gasteiger partial charge in [-0.15, -0.1) is 0 Å². The molecule has 0 saturated carbocycles.